The van der Waals surface area contributed by atoms with Gasteiger partial charge in [0.25, 0.3) is 0 Å². The average Bonchev–Trinajstić information content (AvgIpc) is 2.90. The monoisotopic (exact) mass is 260 g/mol. The van der Waals surface area contributed by atoms with Gasteiger partial charge in [-0.15, -0.1) is 21.6 Å². The van der Waals surface area contributed by atoms with Gasteiger partial charge in [-0.1, -0.05) is 6.92 Å². The number of rotatable bonds is 5. The Labute approximate surface area is 111 Å². The van der Waals surface area contributed by atoms with Gasteiger partial charge in [-0.2, -0.15) is 0 Å². The minimum atomic E-state index is 0.683. The smallest absolute Gasteiger partial charge is 0.229 e. The van der Waals surface area contributed by atoms with Gasteiger partial charge in [0.05, 0.1) is 5.69 Å². The molecule has 2 rings (SSSR count). The maximum absolute atomic E-state index is 4.15. The molecule has 0 atom stereocenters. The van der Waals surface area contributed by atoms with Gasteiger partial charge in [0.15, 0.2) is 0 Å². The van der Waals surface area contributed by atoms with Gasteiger partial charge in [-0.25, -0.2) is 4.98 Å². The lowest BCUT2D eigenvalue weighted by atomic mass is 10.2. The van der Waals surface area contributed by atoms with Crippen molar-refractivity contribution in [2.24, 2.45) is 10.2 Å². The zero-order valence-electron chi connectivity index (χ0n) is 10.6. The zero-order chi connectivity index (χ0) is 12.8. The molecule has 94 valence electrons. The van der Waals surface area contributed by atoms with E-state index in [1.807, 2.05) is 17.5 Å². The summed E-state index contributed by atoms with van der Waals surface area (Å²) in [5.41, 5.74) is 2.05. The van der Waals surface area contributed by atoms with E-state index in [2.05, 4.69) is 46.2 Å². The molecule has 0 spiro atoms. The van der Waals surface area contributed by atoms with Crippen LogP contribution in [0.5, 0.6) is 0 Å². The van der Waals surface area contributed by atoms with E-state index in [0.717, 1.165) is 18.7 Å². The van der Waals surface area contributed by atoms with Crippen LogP contribution >= 0.6 is 11.3 Å². The second kappa shape index (κ2) is 6.26. The largest absolute Gasteiger partial charge is 0.375 e. The van der Waals surface area contributed by atoms with Crippen molar-refractivity contribution >= 4 is 27.8 Å². The van der Waals surface area contributed by atoms with Crippen LogP contribution in [-0.4, -0.2) is 18.6 Å². The fraction of sp³-hybridized carbons (Fsp3) is 0.308. The van der Waals surface area contributed by atoms with Crippen LogP contribution < -0.4 is 4.90 Å². The van der Waals surface area contributed by atoms with E-state index < -0.39 is 0 Å². The molecule has 0 fully saturated rings. The minimum absolute atomic E-state index is 0.683. The maximum atomic E-state index is 4.15. The van der Waals surface area contributed by atoms with Crippen LogP contribution in [0.4, 0.5) is 16.5 Å². The summed E-state index contributed by atoms with van der Waals surface area (Å²) in [6.45, 7) is 3.23. The summed E-state index contributed by atoms with van der Waals surface area (Å²) in [6.07, 6.45) is 2.86. The van der Waals surface area contributed by atoms with Crippen LogP contribution in [0.15, 0.2) is 46.1 Å². The minimum Gasteiger partial charge on any atom is -0.375 e. The van der Waals surface area contributed by atoms with E-state index in [9.17, 15) is 0 Å². The number of aromatic nitrogens is 1. The fourth-order valence-corrected chi connectivity index (χ4v) is 2.06. The number of benzene rings is 1. The van der Waals surface area contributed by atoms with Crippen molar-refractivity contribution in [1.29, 1.82) is 0 Å². The summed E-state index contributed by atoms with van der Waals surface area (Å²) in [5, 5.41) is 10.8. The molecule has 0 bridgehead atoms. The molecular formula is C13H16N4S. The summed E-state index contributed by atoms with van der Waals surface area (Å²) in [5.74, 6) is 0. The van der Waals surface area contributed by atoms with Gasteiger partial charge >= 0.3 is 0 Å². The Morgan fingerprint density at radius 1 is 1.22 bits per heavy atom. The van der Waals surface area contributed by atoms with Gasteiger partial charge in [0.1, 0.15) is 0 Å². The highest BCUT2D eigenvalue weighted by Gasteiger charge is 1.99. The van der Waals surface area contributed by atoms with Crippen molar-refractivity contribution in [2.45, 2.75) is 13.3 Å². The molecule has 0 amide bonds. The summed E-state index contributed by atoms with van der Waals surface area (Å²) in [4.78, 5) is 6.28. The predicted octanol–water partition coefficient (Wildman–Crippen LogP) is 4.40. The van der Waals surface area contributed by atoms with Crippen LogP contribution in [0.25, 0.3) is 0 Å². The number of hydrogen-bond acceptors (Lipinski definition) is 5. The summed E-state index contributed by atoms with van der Waals surface area (Å²) < 4.78 is 0. The topological polar surface area (TPSA) is 40.9 Å². The van der Waals surface area contributed by atoms with E-state index in [4.69, 9.17) is 0 Å². The molecule has 4 nitrogen and oxygen atoms in total. The Morgan fingerprint density at radius 2 is 2.00 bits per heavy atom. The first-order chi connectivity index (χ1) is 8.79. The molecule has 1 aromatic carbocycles. The van der Waals surface area contributed by atoms with Gasteiger partial charge in [0, 0.05) is 30.9 Å². The highest BCUT2D eigenvalue weighted by molar-refractivity contribution is 7.13. The number of nitrogens with zero attached hydrogens (tertiary/aromatic N) is 4. The Balaban J connectivity index is 2.03. The van der Waals surface area contributed by atoms with Crippen molar-refractivity contribution in [1.82, 2.24) is 4.98 Å². The second-order valence-corrected chi connectivity index (χ2v) is 4.83. The lowest BCUT2D eigenvalue weighted by Crippen LogP contribution is -2.17. The Bertz CT molecular complexity index is 490. The van der Waals surface area contributed by atoms with Crippen molar-refractivity contribution in [3.63, 3.8) is 0 Å². The molecule has 0 saturated heterocycles. The third kappa shape index (κ3) is 3.37. The summed E-state index contributed by atoms with van der Waals surface area (Å²) >= 11 is 1.48. The maximum Gasteiger partial charge on any atom is 0.229 e. The van der Waals surface area contributed by atoms with Crippen molar-refractivity contribution in [3.05, 3.63) is 35.8 Å². The Hall–Kier alpha value is -1.75. The molecule has 5 heteroatoms. The normalized spacial score (nSPS) is 11.0. The van der Waals surface area contributed by atoms with E-state index in [1.165, 1.54) is 17.0 Å². The van der Waals surface area contributed by atoms with Crippen molar-refractivity contribution < 1.29 is 0 Å². The van der Waals surface area contributed by atoms with Crippen molar-refractivity contribution in [3.8, 4) is 0 Å². The van der Waals surface area contributed by atoms with E-state index in [0.29, 0.717) is 5.13 Å². The van der Waals surface area contributed by atoms with Crippen LogP contribution in [0.2, 0.25) is 0 Å². The first kappa shape index (κ1) is 12.7. The predicted molar refractivity (Wildman–Crippen MR) is 76.3 cm³/mol. The molecule has 1 aromatic heterocycles. The third-order valence-electron chi connectivity index (χ3n) is 2.52. The number of thiazole rings is 1. The zero-order valence-corrected chi connectivity index (χ0v) is 11.4. The molecule has 0 radical (unpaired) electrons. The van der Waals surface area contributed by atoms with E-state index >= 15 is 0 Å². The molecule has 0 saturated carbocycles. The van der Waals surface area contributed by atoms with E-state index in [1.54, 1.807) is 6.20 Å². The highest BCUT2D eigenvalue weighted by atomic mass is 32.1. The SMILES string of the molecule is CCCN(C)c1ccc(N=Nc2nccs2)cc1. The first-order valence-corrected chi connectivity index (χ1v) is 6.80. The molecule has 0 aliphatic heterocycles. The van der Waals surface area contributed by atoms with E-state index in [-0.39, 0.29) is 0 Å². The number of hydrogen-bond donors (Lipinski definition) is 0. The molecule has 0 aliphatic carbocycles. The second-order valence-electron chi connectivity index (χ2n) is 3.95. The van der Waals surface area contributed by atoms with Crippen LogP contribution in [0.1, 0.15) is 13.3 Å². The lowest BCUT2D eigenvalue weighted by Gasteiger charge is -2.17. The fourth-order valence-electron chi connectivity index (χ4n) is 1.60. The quantitative estimate of drug-likeness (QED) is 0.747. The van der Waals surface area contributed by atoms with Gasteiger partial charge < -0.3 is 4.90 Å². The average molecular weight is 260 g/mol. The van der Waals surface area contributed by atoms with Crippen LogP contribution in [0.3, 0.4) is 0 Å². The van der Waals surface area contributed by atoms with Gasteiger partial charge in [-0.3, -0.25) is 0 Å². The Morgan fingerprint density at radius 3 is 2.61 bits per heavy atom. The first-order valence-electron chi connectivity index (χ1n) is 5.92. The standard InChI is InChI=1S/C13H16N4S/c1-3-9-17(2)12-6-4-11(5-7-12)15-16-13-14-8-10-18-13/h4-8,10H,3,9H2,1-2H3. The third-order valence-corrected chi connectivity index (χ3v) is 3.18. The molecule has 0 aliphatic rings. The van der Waals surface area contributed by atoms with Crippen LogP contribution in [0, 0.1) is 0 Å². The lowest BCUT2D eigenvalue weighted by molar-refractivity contribution is 0.852. The van der Waals surface area contributed by atoms with Crippen LogP contribution in [-0.2, 0) is 0 Å². The molecule has 1 heterocycles. The number of anilines is 1. The van der Waals surface area contributed by atoms with Gasteiger partial charge in [-0.05, 0) is 30.7 Å². The molecule has 0 N–H and O–H groups in total. The van der Waals surface area contributed by atoms with Gasteiger partial charge in [0.2, 0.25) is 5.13 Å². The van der Waals surface area contributed by atoms with Crippen molar-refractivity contribution in [2.75, 3.05) is 18.5 Å². The number of azo groups is 1. The molecule has 18 heavy (non-hydrogen) atoms. The Kier molecular flexibility index (Phi) is 4.41. The molecular weight excluding hydrogens is 244 g/mol. The highest BCUT2D eigenvalue weighted by Crippen LogP contribution is 2.22. The molecule has 2 aromatic rings. The molecule has 0 unspecified atom stereocenters. The summed E-state index contributed by atoms with van der Waals surface area (Å²) in [7, 11) is 2.09. The summed E-state index contributed by atoms with van der Waals surface area (Å²) in [6, 6.07) is 8.06.